The van der Waals surface area contributed by atoms with E-state index in [4.69, 9.17) is 0 Å². The van der Waals surface area contributed by atoms with Crippen molar-refractivity contribution in [2.45, 2.75) is 40.3 Å². The Bertz CT molecular complexity index is 766. The van der Waals surface area contributed by atoms with Crippen molar-refractivity contribution in [2.24, 2.45) is 11.8 Å². The summed E-state index contributed by atoms with van der Waals surface area (Å²) >= 11 is 0. The van der Waals surface area contributed by atoms with Gasteiger partial charge in [-0.1, -0.05) is 13.8 Å². The number of nitrogens with zero attached hydrogens (tertiary/aromatic N) is 4. The Morgan fingerprint density at radius 2 is 1.96 bits per heavy atom. The molecule has 0 radical (unpaired) electrons. The first-order chi connectivity index (χ1) is 11.0. The molecule has 1 aliphatic rings. The molecule has 0 saturated carbocycles. The van der Waals surface area contributed by atoms with Gasteiger partial charge in [-0.25, -0.2) is 9.78 Å². The van der Waals surface area contributed by atoms with Crippen molar-refractivity contribution in [3.05, 3.63) is 28.8 Å². The number of fused-ring (bicyclic) bond motifs is 1. The van der Waals surface area contributed by atoms with E-state index in [1.54, 1.807) is 21.4 Å². The molecule has 0 aliphatic carbocycles. The summed E-state index contributed by atoms with van der Waals surface area (Å²) in [6.45, 7) is 8.46. The topological polar surface area (TPSA) is 60.1 Å². The van der Waals surface area contributed by atoms with E-state index >= 15 is 0 Å². The molecule has 0 aromatic carbocycles. The maximum absolute atomic E-state index is 12.7. The Morgan fingerprint density at radius 3 is 2.61 bits per heavy atom. The Kier molecular flexibility index (Phi) is 4.24. The van der Waals surface area contributed by atoms with E-state index in [0.717, 1.165) is 25.0 Å². The van der Waals surface area contributed by atoms with Crippen LogP contribution in [0.5, 0.6) is 0 Å². The number of pyridine rings is 1. The van der Waals surface area contributed by atoms with Crippen LogP contribution in [0.2, 0.25) is 0 Å². The first-order valence-corrected chi connectivity index (χ1v) is 8.33. The summed E-state index contributed by atoms with van der Waals surface area (Å²) in [4.78, 5) is 31.5. The fourth-order valence-corrected chi connectivity index (χ4v) is 3.69. The van der Waals surface area contributed by atoms with E-state index in [9.17, 15) is 9.59 Å². The van der Waals surface area contributed by atoms with Crippen LogP contribution in [0.1, 0.15) is 27.2 Å². The molecule has 0 spiro atoms. The Labute approximate surface area is 135 Å². The average molecular weight is 316 g/mol. The van der Waals surface area contributed by atoms with Crippen molar-refractivity contribution in [1.82, 2.24) is 19.0 Å². The number of aromatic nitrogens is 3. The van der Waals surface area contributed by atoms with Gasteiger partial charge in [-0.3, -0.25) is 13.9 Å². The monoisotopic (exact) mass is 316 g/mol. The van der Waals surface area contributed by atoms with Crippen LogP contribution in [0.3, 0.4) is 0 Å². The van der Waals surface area contributed by atoms with E-state index in [1.807, 2.05) is 17.9 Å². The van der Waals surface area contributed by atoms with Gasteiger partial charge in [0.2, 0.25) is 5.91 Å². The van der Waals surface area contributed by atoms with Crippen LogP contribution in [0.25, 0.3) is 11.2 Å². The highest BCUT2D eigenvalue weighted by Crippen LogP contribution is 2.21. The van der Waals surface area contributed by atoms with Gasteiger partial charge in [0.05, 0.1) is 5.52 Å². The number of hydrogen-bond acceptors (Lipinski definition) is 3. The largest absolute Gasteiger partial charge is 0.341 e. The zero-order valence-corrected chi connectivity index (χ0v) is 14.0. The zero-order valence-electron chi connectivity index (χ0n) is 14.0. The van der Waals surface area contributed by atoms with Gasteiger partial charge >= 0.3 is 5.69 Å². The highest BCUT2D eigenvalue weighted by Gasteiger charge is 2.26. The summed E-state index contributed by atoms with van der Waals surface area (Å²) < 4.78 is 3.17. The lowest BCUT2D eigenvalue weighted by atomic mass is 9.92. The summed E-state index contributed by atoms with van der Waals surface area (Å²) in [6, 6.07) is 3.65. The van der Waals surface area contributed by atoms with E-state index in [2.05, 4.69) is 18.8 Å². The highest BCUT2D eigenvalue weighted by molar-refractivity contribution is 5.79. The fraction of sp³-hybridized carbons (Fsp3) is 0.588. The minimum absolute atomic E-state index is 0.0181. The van der Waals surface area contributed by atoms with E-state index < -0.39 is 0 Å². The zero-order chi connectivity index (χ0) is 16.6. The fourth-order valence-electron chi connectivity index (χ4n) is 3.69. The van der Waals surface area contributed by atoms with Gasteiger partial charge in [0, 0.05) is 25.8 Å². The molecule has 1 aliphatic heterocycles. The molecule has 2 unspecified atom stereocenters. The smallest absolute Gasteiger partial charge is 0.330 e. The van der Waals surface area contributed by atoms with Crippen LogP contribution in [0, 0.1) is 11.8 Å². The number of carbonyl (C=O) groups is 1. The van der Waals surface area contributed by atoms with Crippen molar-refractivity contribution >= 4 is 17.1 Å². The van der Waals surface area contributed by atoms with Crippen LogP contribution in [-0.2, 0) is 17.9 Å². The third-order valence-electron chi connectivity index (χ3n) is 4.61. The van der Waals surface area contributed by atoms with Crippen LogP contribution in [0.15, 0.2) is 23.1 Å². The molecule has 3 heterocycles. The quantitative estimate of drug-likeness (QED) is 0.866. The Morgan fingerprint density at radius 1 is 1.26 bits per heavy atom. The SMILES string of the molecule is CCn1c(=O)n(CC(=O)N2CC(C)CC(C)C2)c2cccnc21. The minimum atomic E-state index is -0.160. The molecule has 1 amide bonds. The summed E-state index contributed by atoms with van der Waals surface area (Å²) in [5.74, 6) is 1.04. The van der Waals surface area contributed by atoms with E-state index in [-0.39, 0.29) is 18.1 Å². The van der Waals surface area contributed by atoms with Gasteiger partial charge in [0.25, 0.3) is 0 Å². The second-order valence-corrected chi connectivity index (χ2v) is 6.70. The van der Waals surface area contributed by atoms with Crippen LogP contribution < -0.4 is 5.69 Å². The predicted molar refractivity (Wildman–Crippen MR) is 89.2 cm³/mol. The summed E-state index contributed by atoms with van der Waals surface area (Å²) in [5, 5.41) is 0. The van der Waals surface area contributed by atoms with Crippen LogP contribution in [0.4, 0.5) is 0 Å². The number of carbonyl (C=O) groups excluding carboxylic acids is 1. The molecule has 2 aromatic heterocycles. The molecule has 124 valence electrons. The van der Waals surface area contributed by atoms with Crippen molar-refractivity contribution in [3.63, 3.8) is 0 Å². The number of aryl methyl sites for hydroxylation is 1. The first kappa shape index (κ1) is 15.8. The maximum atomic E-state index is 12.7. The summed E-state index contributed by atoms with van der Waals surface area (Å²) in [6.07, 6.45) is 2.83. The van der Waals surface area contributed by atoms with Gasteiger partial charge in [-0.2, -0.15) is 0 Å². The molecule has 6 heteroatoms. The number of hydrogen-bond donors (Lipinski definition) is 0. The number of imidazole rings is 1. The average Bonchev–Trinajstić information content (AvgIpc) is 2.78. The Hall–Kier alpha value is -2.11. The van der Waals surface area contributed by atoms with Gasteiger partial charge in [-0.05, 0) is 37.3 Å². The number of amides is 1. The molecule has 6 nitrogen and oxygen atoms in total. The molecule has 1 saturated heterocycles. The lowest BCUT2D eigenvalue weighted by molar-refractivity contribution is -0.134. The van der Waals surface area contributed by atoms with Crippen molar-refractivity contribution in [3.8, 4) is 0 Å². The summed E-state index contributed by atoms with van der Waals surface area (Å²) in [5.41, 5.74) is 1.21. The van der Waals surface area contributed by atoms with Crippen molar-refractivity contribution in [1.29, 1.82) is 0 Å². The number of piperidine rings is 1. The minimum Gasteiger partial charge on any atom is -0.341 e. The van der Waals surface area contributed by atoms with Gasteiger partial charge in [-0.15, -0.1) is 0 Å². The van der Waals surface area contributed by atoms with Crippen molar-refractivity contribution in [2.75, 3.05) is 13.1 Å². The van der Waals surface area contributed by atoms with Gasteiger partial charge < -0.3 is 4.90 Å². The molecular formula is C17H24N4O2. The molecule has 0 bridgehead atoms. The molecule has 2 atom stereocenters. The van der Waals surface area contributed by atoms with E-state index in [0.29, 0.717) is 24.0 Å². The normalized spacial score (nSPS) is 21.8. The highest BCUT2D eigenvalue weighted by atomic mass is 16.2. The molecule has 0 N–H and O–H groups in total. The lowest BCUT2D eigenvalue weighted by Crippen LogP contribution is -2.44. The second kappa shape index (κ2) is 6.18. The standard InChI is InChI=1S/C17H24N4O2/c1-4-20-16-14(6-5-7-18-16)21(17(20)23)11-15(22)19-9-12(2)8-13(3)10-19/h5-7,12-13H,4,8-11H2,1-3H3. The van der Waals surface area contributed by atoms with Crippen LogP contribution >= 0.6 is 0 Å². The third kappa shape index (κ3) is 2.90. The first-order valence-electron chi connectivity index (χ1n) is 8.33. The maximum Gasteiger partial charge on any atom is 0.330 e. The molecular weight excluding hydrogens is 292 g/mol. The Balaban J connectivity index is 1.91. The van der Waals surface area contributed by atoms with Crippen LogP contribution in [-0.4, -0.2) is 38.0 Å². The molecule has 1 fully saturated rings. The molecule has 23 heavy (non-hydrogen) atoms. The number of likely N-dealkylation sites (tertiary alicyclic amines) is 1. The van der Waals surface area contributed by atoms with E-state index in [1.165, 1.54) is 0 Å². The molecule has 2 aromatic rings. The summed E-state index contributed by atoms with van der Waals surface area (Å²) in [7, 11) is 0. The lowest BCUT2D eigenvalue weighted by Gasteiger charge is -2.35. The third-order valence-corrected chi connectivity index (χ3v) is 4.61. The van der Waals surface area contributed by atoms with Gasteiger partial charge in [0.15, 0.2) is 5.65 Å². The van der Waals surface area contributed by atoms with Gasteiger partial charge in [0.1, 0.15) is 6.54 Å². The predicted octanol–water partition coefficient (Wildman–Crippen LogP) is 1.72. The molecule has 3 rings (SSSR count). The second-order valence-electron chi connectivity index (χ2n) is 6.70. The number of rotatable bonds is 3. The van der Waals surface area contributed by atoms with Crippen molar-refractivity contribution < 1.29 is 4.79 Å².